The lowest BCUT2D eigenvalue weighted by atomic mass is 10.1. The molecule has 0 unspecified atom stereocenters. The molecular formula is C28H25BrClF2N5O3. The number of aromatic nitrogens is 2. The first kappa shape index (κ1) is 29.0. The summed E-state index contributed by atoms with van der Waals surface area (Å²) in [5.41, 5.74) is 3.25. The van der Waals surface area contributed by atoms with Gasteiger partial charge in [0.2, 0.25) is 11.9 Å². The number of rotatable bonds is 10. The average Bonchev–Trinajstić information content (AvgIpc) is 3.22. The average molecular weight is 633 g/mol. The quantitative estimate of drug-likeness (QED) is 0.167. The third-order valence-corrected chi connectivity index (χ3v) is 6.67. The number of aryl methyl sites for hydroxylation is 1. The van der Waals surface area contributed by atoms with E-state index < -0.39 is 18.9 Å². The Balaban J connectivity index is 1.65. The van der Waals surface area contributed by atoms with Gasteiger partial charge in [-0.25, -0.2) is 13.8 Å². The number of carbonyl (C=O) groups is 2. The predicted octanol–water partition coefficient (Wildman–Crippen LogP) is 6.82. The molecule has 208 valence electrons. The molecule has 2 amide bonds. The van der Waals surface area contributed by atoms with E-state index in [0.29, 0.717) is 39.0 Å². The maximum Gasteiger partial charge on any atom is 0.272 e. The normalized spacial score (nSPS) is 11.0. The van der Waals surface area contributed by atoms with Gasteiger partial charge in [0, 0.05) is 35.4 Å². The van der Waals surface area contributed by atoms with E-state index in [2.05, 4.69) is 43.4 Å². The maximum atomic E-state index is 13.1. The number of anilines is 3. The summed E-state index contributed by atoms with van der Waals surface area (Å²) < 4.78 is 33.8. The molecule has 8 nitrogen and oxygen atoms in total. The number of nitrogens with one attached hydrogen (secondary N) is 3. The number of alkyl halides is 2. The lowest BCUT2D eigenvalue weighted by Gasteiger charge is -2.13. The summed E-state index contributed by atoms with van der Waals surface area (Å²) in [6.07, 6.45) is -2.73. The monoisotopic (exact) mass is 631 g/mol. The second kappa shape index (κ2) is 12.5. The van der Waals surface area contributed by atoms with Gasteiger partial charge in [-0.05, 0) is 55.0 Å². The molecule has 1 heterocycles. The number of fused-ring (bicyclic) bond motifs is 1. The van der Waals surface area contributed by atoms with Crippen molar-refractivity contribution in [1.82, 2.24) is 14.9 Å². The first-order valence-corrected chi connectivity index (χ1v) is 13.2. The Bertz CT molecular complexity index is 1590. The van der Waals surface area contributed by atoms with Crippen molar-refractivity contribution in [3.05, 3.63) is 87.4 Å². The van der Waals surface area contributed by atoms with Crippen molar-refractivity contribution in [2.24, 2.45) is 7.05 Å². The van der Waals surface area contributed by atoms with Gasteiger partial charge in [-0.2, -0.15) is 0 Å². The van der Waals surface area contributed by atoms with Crippen LogP contribution < -0.4 is 20.7 Å². The van der Waals surface area contributed by atoms with E-state index in [1.807, 2.05) is 0 Å². The van der Waals surface area contributed by atoms with Crippen LogP contribution in [0, 0.1) is 0 Å². The number of imidazole rings is 1. The molecule has 0 saturated carbocycles. The highest BCUT2D eigenvalue weighted by Crippen LogP contribution is 2.32. The molecule has 1 aromatic heterocycles. The fourth-order valence-electron chi connectivity index (χ4n) is 3.74. The molecule has 0 atom stereocenters. The minimum atomic E-state index is -2.73. The van der Waals surface area contributed by atoms with E-state index in [9.17, 15) is 18.4 Å². The summed E-state index contributed by atoms with van der Waals surface area (Å²) in [6.45, 7) is 4.63. The number of hydrogen-bond acceptors (Lipinski definition) is 5. The molecule has 0 saturated heterocycles. The first-order valence-electron chi connectivity index (χ1n) is 12.0. The van der Waals surface area contributed by atoms with E-state index in [1.54, 1.807) is 61.0 Å². The van der Waals surface area contributed by atoms with Crippen LogP contribution in [0.5, 0.6) is 5.75 Å². The molecular weight excluding hydrogens is 608 g/mol. The van der Waals surface area contributed by atoms with E-state index in [1.165, 1.54) is 12.1 Å². The van der Waals surface area contributed by atoms with Crippen LogP contribution >= 0.6 is 27.5 Å². The third-order valence-electron chi connectivity index (χ3n) is 5.81. The highest BCUT2D eigenvalue weighted by Gasteiger charge is 2.20. The Morgan fingerprint density at radius 3 is 2.55 bits per heavy atom. The largest absolute Gasteiger partial charge is 0.487 e. The topological polar surface area (TPSA) is 97.3 Å². The van der Waals surface area contributed by atoms with Crippen LogP contribution in [0.15, 0.2) is 71.2 Å². The lowest BCUT2D eigenvalue weighted by molar-refractivity contribution is -0.117. The van der Waals surface area contributed by atoms with E-state index in [0.717, 1.165) is 10.0 Å². The van der Waals surface area contributed by atoms with Gasteiger partial charge in [-0.1, -0.05) is 40.2 Å². The second-order valence-electron chi connectivity index (χ2n) is 8.90. The second-order valence-corrected chi connectivity index (χ2v) is 10.2. The van der Waals surface area contributed by atoms with Crippen molar-refractivity contribution in [2.75, 3.05) is 17.2 Å². The minimum absolute atomic E-state index is 0.00903. The summed E-state index contributed by atoms with van der Waals surface area (Å²) in [5, 5.41) is 9.10. The molecule has 0 aliphatic heterocycles. The summed E-state index contributed by atoms with van der Waals surface area (Å²) in [6, 6.07) is 15.2. The van der Waals surface area contributed by atoms with Crippen LogP contribution in [0.2, 0.25) is 5.02 Å². The summed E-state index contributed by atoms with van der Waals surface area (Å²) >= 11 is 9.75. The molecule has 0 spiro atoms. The van der Waals surface area contributed by atoms with E-state index in [-0.39, 0.29) is 23.8 Å². The lowest BCUT2D eigenvalue weighted by Crippen LogP contribution is -2.23. The number of benzene rings is 3. The van der Waals surface area contributed by atoms with Gasteiger partial charge in [0.25, 0.3) is 12.3 Å². The number of hydrogen-bond donors (Lipinski definition) is 3. The Morgan fingerprint density at radius 1 is 1.15 bits per heavy atom. The number of nitrogens with zero attached hydrogens (tertiary/aromatic N) is 2. The van der Waals surface area contributed by atoms with Crippen molar-refractivity contribution < 1.29 is 23.1 Å². The van der Waals surface area contributed by atoms with Gasteiger partial charge in [0.15, 0.2) is 0 Å². The predicted molar refractivity (Wildman–Crippen MR) is 156 cm³/mol. The molecule has 0 fully saturated rings. The van der Waals surface area contributed by atoms with Crippen molar-refractivity contribution >= 4 is 67.7 Å². The Labute approximate surface area is 242 Å². The Kier molecular flexibility index (Phi) is 9.06. The molecule has 4 rings (SSSR count). The zero-order chi connectivity index (χ0) is 29.0. The molecule has 0 aliphatic carbocycles. The highest BCUT2D eigenvalue weighted by molar-refractivity contribution is 9.10. The van der Waals surface area contributed by atoms with Crippen LogP contribution in [0.1, 0.15) is 22.8 Å². The van der Waals surface area contributed by atoms with Crippen LogP contribution in [0.3, 0.4) is 0 Å². The maximum absolute atomic E-state index is 13.1. The SMILES string of the molecule is C=C(C)C(=O)NCc1ccc(Cl)c(Nc2nc3cc(C(=O)Nc4ccc(Br)cc4)c(OCC(F)F)cc3n2C)c1. The van der Waals surface area contributed by atoms with Gasteiger partial charge in [0.1, 0.15) is 12.4 Å². The Hall–Kier alpha value is -3.96. The number of carbonyl (C=O) groups excluding carboxylic acids is 2. The fraction of sp³-hybridized carbons (Fsp3) is 0.179. The molecule has 3 aromatic carbocycles. The van der Waals surface area contributed by atoms with Gasteiger partial charge in [-0.3, -0.25) is 9.59 Å². The fourth-order valence-corrected chi connectivity index (χ4v) is 4.17. The molecule has 40 heavy (non-hydrogen) atoms. The molecule has 3 N–H and O–H groups in total. The van der Waals surface area contributed by atoms with Crippen molar-refractivity contribution in [1.29, 1.82) is 0 Å². The smallest absolute Gasteiger partial charge is 0.272 e. The number of ether oxygens (including phenoxy) is 1. The van der Waals surface area contributed by atoms with Crippen LogP contribution in [-0.4, -0.2) is 34.4 Å². The number of halogens is 4. The van der Waals surface area contributed by atoms with Gasteiger partial charge in [0.05, 0.1) is 27.3 Å². The third kappa shape index (κ3) is 6.97. The summed E-state index contributed by atoms with van der Waals surface area (Å²) in [7, 11) is 1.72. The molecule has 12 heteroatoms. The first-order chi connectivity index (χ1) is 19.0. The number of amides is 2. The molecule has 4 aromatic rings. The van der Waals surface area contributed by atoms with Gasteiger partial charge >= 0.3 is 0 Å². The van der Waals surface area contributed by atoms with Gasteiger partial charge < -0.3 is 25.3 Å². The van der Waals surface area contributed by atoms with E-state index >= 15 is 0 Å². The van der Waals surface area contributed by atoms with E-state index in [4.69, 9.17) is 16.3 Å². The van der Waals surface area contributed by atoms with Gasteiger partial charge in [-0.15, -0.1) is 0 Å². The molecule has 0 bridgehead atoms. The zero-order valence-corrected chi connectivity index (χ0v) is 23.9. The summed E-state index contributed by atoms with van der Waals surface area (Å²) in [4.78, 5) is 29.6. The van der Waals surface area contributed by atoms with Crippen LogP contribution in [0.4, 0.5) is 26.1 Å². The van der Waals surface area contributed by atoms with Crippen LogP contribution in [-0.2, 0) is 18.4 Å². The van der Waals surface area contributed by atoms with Crippen LogP contribution in [0.25, 0.3) is 11.0 Å². The molecule has 0 radical (unpaired) electrons. The van der Waals surface area contributed by atoms with Crippen molar-refractivity contribution in [2.45, 2.75) is 19.9 Å². The standard InChI is InChI=1S/C28H25BrClF2N5O3/c1-15(2)26(38)33-13-16-4-9-20(30)21(10-16)35-28-36-22-11-19(27(39)34-18-7-5-17(29)6-8-18)24(40-14-25(31)32)12-23(22)37(28)3/h4-12,25H,1,13-14H2,2-3H3,(H,33,38)(H,34,39)(H,35,36). The zero-order valence-electron chi connectivity index (χ0n) is 21.5. The van der Waals surface area contributed by atoms with Crippen molar-refractivity contribution in [3.63, 3.8) is 0 Å². The molecule has 0 aliphatic rings. The highest BCUT2D eigenvalue weighted by atomic mass is 79.9. The minimum Gasteiger partial charge on any atom is -0.487 e. The van der Waals surface area contributed by atoms with Crippen molar-refractivity contribution in [3.8, 4) is 5.75 Å². The Morgan fingerprint density at radius 2 is 1.88 bits per heavy atom. The summed E-state index contributed by atoms with van der Waals surface area (Å²) in [5.74, 6) is -0.429.